The van der Waals surface area contributed by atoms with Gasteiger partial charge >= 0.3 is 5.97 Å². The van der Waals surface area contributed by atoms with E-state index in [1.807, 2.05) is 0 Å². The van der Waals surface area contributed by atoms with Gasteiger partial charge in [0.2, 0.25) is 0 Å². The fourth-order valence-corrected chi connectivity index (χ4v) is 1.83. The van der Waals surface area contributed by atoms with Crippen LogP contribution >= 0.6 is 23.2 Å². The fraction of sp³-hybridized carbons (Fsp3) is 0.0714. The number of hydrogen-bond donors (Lipinski definition) is 1. The summed E-state index contributed by atoms with van der Waals surface area (Å²) in [7, 11) is 1.28. The maximum absolute atomic E-state index is 12.0. The van der Waals surface area contributed by atoms with Crippen molar-refractivity contribution in [1.29, 1.82) is 0 Å². The third kappa shape index (κ3) is 3.71. The van der Waals surface area contributed by atoms with Gasteiger partial charge in [-0.25, -0.2) is 9.78 Å². The Labute approximate surface area is 130 Å². The predicted octanol–water partition coefficient (Wildman–Crippen LogP) is 3.43. The smallest absolute Gasteiger partial charge is 0.339 e. The highest BCUT2D eigenvalue weighted by Gasteiger charge is 2.10. The van der Waals surface area contributed by atoms with Crippen LogP contribution in [-0.4, -0.2) is 24.0 Å². The number of esters is 1. The average Bonchev–Trinajstić information content (AvgIpc) is 2.50. The number of pyridine rings is 1. The van der Waals surface area contributed by atoms with Gasteiger partial charge in [-0.3, -0.25) is 4.79 Å². The normalized spacial score (nSPS) is 10.0. The van der Waals surface area contributed by atoms with Crippen LogP contribution in [0.5, 0.6) is 0 Å². The minimum atomic E-state index is -0.496. The number of carbonyl (C=O) groups excluding carboxylic acids is 2. The Hall–Kier alpha value is -2.11. The lowest BCUT2D eigenvalue weighted by Crippen LogP contribution is -2.13. The summed E-state index contributed by atoms with van der Waals surface area (Å²) in [6, 6.07) is 7.55. The molecule has 1 amide bonds. The van der Waals surface area contributed by atoms with E-state index in [9.17, 15) is 9.59 Å². The number of nitrogens with zero attached hydrogens (tertiary/aromatic N) is 1. The largest absolute Gasteiger partial charge is 0.465 e. The Bertz CT molecular complexity index is 687. The van der Waals surface area contributed by atoms with Crippen LogP contribution in [0.3, 0.4) is 0 Å². The van der Waals surface area contributed by atoms with Crippen molar-refractivity contribution < 1.29 is 14.3 Å². The van der Waals surface area contributed by atoms with Gasteiger partial charge < -0.3 is 10.1 Å². The van der Waals surface area contributed by atoms with Gasteiger partial charge in [0.05, 0.1) is 22.7 Å². The number of rotatable bonds is 3. The van der Waals surface area contributed by atoms with E-state index in [0.29, 0.717) is 27.0 Å². The van der Waals surface area contributed by atoms with Crippen LogP contribution in [0.1, 0.15) is 20.7 Å². The zero-order valence-electron chi connectivity index (χ0n) is 10.9. The number of aromatic nitrogens is 1. The van der Waals surface area contributed by atoms with Crippen molar-refractivity contribution in [2.75, 3.05) is 12.4 Å². The second-order valence-corrected chi connectivity index (χ2v) is 4.82. The second-order valence-electron chi connectivity index (χ2n) is 4.01. The SMILES string of the molecule is COC(=O)c1ccc(NC(=O)c2ccc(Cl)c(Cl)c2)nc1. The van der Waals surface area contributed by atoms with E-state index in [4.69, 9.17) is 23.2 Å². The monoisotopic (exact) mass is 324 g/mol. The molecule has 0 bridgehead atoms. The van der Waals surface area contributed by atoms with Crippen molar-refractivity contribution in [3.8, 4) is 0 Å². The Morgan fingerprint density at radius 1 is 1.10 bits per heavy atom. The third-order valence-corrected chi connectivity index (χ3v) is 3.35. The number of halogens is 2. The molecule has 1 aromatic carbocycles. The van der Waals surface area contributed by atoms with Gasteiger partial charge in [0.15, 0.2) is 0 Å². The molecule has 1 aromatic heterocycles. The molecule has 5 nitrogen and oxygen atoms in total. The minimum Gasteiger partial charge on any atom is -0.465 e. The molecule has 0 aliphatic carbocycles. The summed E-state index contributed by atoms with van der Waals surface area (Å²) in [5.41, 5.74) is 0.647. The zero-order valence-corrected chi connectivity index (χ0v) is 12.4. The maximum Gasteiger partial charge on any atom is 0.339 e. The fourth-order valence-electron chi connectivity index (χ4n) is 1.53. The molecular weight excluding hydrogens is 315 g/mol. The van der Waals surface area contributed by atoms with Crippen LogP contribution in [0.25, 0.3) is 0 Å². The topological polar surface area (TPSA) is 68.3 Å². The molecule has 2 rings (SSSR count). The first-order valence-electron chi connectivity index (χ1n) is 5.82. The molecule has 1 N–H and O–H groups in total. The van der Waals surface area contributed by atoms with Gasteiger partial charge in [0.1, 0.15) is 5.82 Å². The molecule has 1 heterocycles. The summed E-state index contributed by atoms with van der Waals surface area (Å²) in [4.78, 5) is 27.2. The molecule has 0 unspecified atom stereocenters. The summed E-state index contributed by atoms with van der Waals surface area (Å²) in [5, 5.41) is 3.24. The number of nitrogens with one attached hydrogen (secondary N) is 1. The Kier molecular flexibility index (Phi) is 4.77. The predicted molar refractivity (Wildman–Crippen MR) is 80.0 cm³/mol. The number of hydrogen-bond acceptors (Lipinski definition) is 4. The van der Waals surface area contributed by atoms with Crippen LogP contribution in [0.4, 0.5) is 5.82 Å². The highest BCUT2D eigenvalue weighted by atomic mass is 35.5. The van der Waals surface area contributed by atoms with E-state index >= 15 is 0 Å². The highest BCUT2D eigenvalue weighted by molar-refractivity contribution is 6.42. The van der Waals surface area contributed by atoms with Crippen molar-refractivity contribution in [3.63, 3.8) is 0 Å². The highest BCUT2D eigenvalue weighted by Crippen LogP contribution is 2.23. The number of carbonyl (C=O) groups is 2. The first-order valence-corrected chi connectivity index (χ1v) is 6.57. The van der Waals surface area contributed by atoms with E-state index in [0.717, 1.165) is 0 Å². The van der Waals surface area contributed by atoms with E-state index in [1.54, 1.807) is 6.07 Å². The van der Waals surface area contributed by atoms with Gasteiger partial charge in [-0.15, -0.1) is 0 Å². The van der Waals surface area contributed by atoms with Crippen LogP contribution < -0.4 is 5.32 Å². The van der Waals surface area contributed by atoms with Crippen molar-refractivity contribution >= 4 is 40.9 Å². The van der Waals surface area contributed by atoms with Gasteiger partial charge in [-0.05, 0) is 30.3 Å². The second kappa shape index (κ2) is 6.56. The van der Waals surface area contributed by atoms with Gasteiger partial charge in [0.25, 0.3) is 5.91 Å². The summed E-state index contributed by atoms with van der Waals surface area (Å²) in [5.74, 6) is -0.574. The van der Waals surface area contributed by atoms with Crippen LogP contribution in [0.15, 0.2) is 36.5 Å². The molecule has 0 saturated heterocycles. The van der Waals surface area contributed by atoms with E-state index in [-0.39, 0.29) is 5.91 Å². The molecule has 0 aliphatic rings. The van der Waals surface area contributed by atoms with Crippen molar-refractivity contribution in [2.24, 2.45) is 0 Å². The van der Waals surface area contributed by atoms with E-state index < -0.39 is 5.97 Å². The van der Waals surface area contributed by atoms with Gasteiger partial charge in [-0.1, -0.05) is 23.2 Å². The van der Waals surface area contributed by atoms with Crippen LogP contribution in [-0.2, 0) is 4.74 Å². The number of amides is 1. The van der Waals surface area contributed by atoms with Crippen LogP contribution in [0, 0.1) is 0 Å². The molecule has 21 heavy (non-hydrogen) atoms. The molecule has 0 aliphatic heterocycles. The Morgan fingerprint density at radius 3 is 2.38 bits per heavy atom. The number of anilines is 1. The zero-order chi connectivity index (χ0) is 15.4. The molecule has 0 fully saturated rings. The summed E-state index contributed by atoms with van der Waals surface area (Å²) in [6.45, 7) is 0. The first-order chi connectivity index (χ1) is 10.0. The van der Waals surface area contributed by atoms with Gasteiger partial charge in [-0.2, -0.15) is 0 Å². The molecular formula is C14H10Cl2N2O3. The molecule has 7 heteroatoms. The molecule has 0 saturated carbocycles. The molecule has 108 valence electrons. The van der Waals surface area contributed by atoms with Crippen molar-refractivity contribution in [1.82, 2.24) is 4.98 Å². The molecule has 0 atom stereocenters. The van der Waals surface area contributed by atoms with Crippen molar-refractivity contribution in [2.45, 2.75) is 0 Å². The number of benzene rings is 1. The lowest BCUT2D eigenvalue weighted by atomic mass is 10.2. The summed E-state index contributed by atoms with van der Waals surface area (Å²) < 4.78 is 4.56. The first kappa shape index (κ1) is 15.3. The lowest BCUT2D eigenvalue weighted by molar-refractivity contribution is 0.0600. The number of methoxy groups -OCH3 is 1. The quantitative estimate of drug-likeness (QED) is 0.878. The molecule has 2 aromatic rings. The molecule has 0 radical (unpaired) electrons. The summed E-state index contributed by atoms with van der Waals surface area (Å²) in [6.07, 6.45) is 1.32. The Morgan fingerprint density at radius 2 is 1.81 bits per heavy atom. The van der Waals surface area contributed by atoms with Crippen molar-refractivity contribution in [3.05, 3.63) is 57.7 Å². The average molecular weight is 325 g/mol. The summed E-state index contributed by atoms with van der Waals surface area (Å²) >= 11 is 11.6. The lowest BCUT2D eigenvalue weighted by Gasteiger charge is -2.06. The van der Waals surface area contributed by atoms with E-state index in [1.165, 1.54) is 37.6 Å². The maximum atomic E-state index is 12.0. The Balaban J connectivity index is 2.12. The van der Waals surface area contributed by atoms with Crippen LogP contribution in [0.2, 0.25) is 10.0 Å². The number of ether oxygens (including phenoxy) is 1. The van der Waals surface area contributed by atoms with Gasteiger partial charge in [0, 0.05) is 11.8 Å². The third-order valence-electron chi connectivity index (χ3n) is 2.61. The molecule has 0 spiro atoms. The van der Waals surface area contributed by atoms with E-state index in [2.05, 4.69) is 15.0 Å². The minimum absolute atomic E-state index is 0.290. The standard InChI is InChI=1S/C14H10Cl2N2O3/c1-21-14(20)9-3-5-12(17-7-9)18-13(19)8-2-4-10(15)11(16)6-8/h2-7H,1H3,(H,17,18,19).